The average molecular weight is 150 g/mol. The molecule has 7 heteroatoms. The van der Waals surface area contributed by atoms with Gasteiger partial charge in [0.1, 0.15) is 0 Å². The molecule has 0 aromatic rings. The summed E-state index contributed by atoms with van der Waals surface area (Å²) >= 11 is 0. The monoisotopic (exact) mass is 150 g/mol. The number of hydrogen-bond donors (Lipinski definition) is 6. The zero-order chi connectivity index (χ0) is 8.41. The van der Waals surface area contributed by atoms with Crippen molar-refractivity contribution >= 4 is 6.03 Å². The molecule has 62 valence electrons. The summed E-state index contributed by atoms with van der Waals surface area (Å²) in [4.78, 5) is 9.71. The number of rotatable bonds is 1. The lowest BCUT2D eigenvalue weighted by Gasteiger charge is -1.90. The van der Waals surface area contributed by atoms with E-state index in [1.165, 1.54) is 0 Å². The molecule has 0 aliphatic carbocycles. The molecule has 0 aromatic carbocycles. The highest BCUT2D eigenvalue weighted by Crippen LogP contribution is 1.42. The Morgan fingerprint density at radius 1 is 1.10 bits per heavy atom. The Kier molecular flexibility index (Phi) is 13.0. The third-order valence-corrected chi connectivity index (χ3v) is 0.429. The summed E-state index contributed by atoms with van der Waals surface area (Å²) in [5.41, 5.74) is 13.3. The number of nitrogens with one attached hydrogen (secondary N) is 2. The van der Waals surface area contributed by atoms with E-state index in [2.05, 4.69) is 11.7 Å². The van der Waals surface area contributed by atoms with E-state index in [0.717, 1.165) is 0 Å². The third kappa shape index (κ3) is 15.7. The van der Waals surface area contributed by atoms with Crippen LogP contribution in [0.25, 0.3) is 0 Å². The van der Waals surface area contributed by atoms with Gasteiger partial charge in [-0.2, -0.15) is 0 Å². The maximum atomic E-state index is 9.71. The molecule has 2 amide bonds. The van der Waals surface area contributed by atoms with Crippen molar-refractivity contribution in [1.82, 2.24) is 10.9 Å². The quantitative estimate of drug-likeness (QED) is 0.133. The molecule has 0 saturated heterocycles. The Hall–Kier alpha value is -0.890. The van der Waals surface area contributed by atoms with Crippen LogP contribution in [0.5, 0.6) is 0 Å². The van der Waals surface area contributed by atoms with Gasteiger partial charge < -0.3 is 11.5 Å². The fourth-order valence-corrected chi connectivity index (χ4v) is 0.0417. The number of amides is 2. The van der Waals surface area contributed by atoms with Crippen molar-refractivity contribution in [3.8, 4) is 0 Å². The fourth-order valence-electron chi connectivity index (χ4n) is 0.0417. The van der Waals surface area contributed by atoms with E-state index in [0.29, 0.717) is 13.1 Å². The summed E-state index contributed by atoms with van der Waals surface area (Å²) in [5.74, 6) is 9.08. The number of hydrogen-bond acceptors (Lipinski definition) is 5. The second-order valence-electron chi connectivity index (χ2n) is 1.20. The van der Waals surface area contributed by atoms with Gasteiger partial charge in [-0.05, 0) is 0 Å². The third-order valence-electron chi connectivity index (χ3n) is 0.429. The Balaban J connectivity index is 0. The summed E-state index contributed by atoms with van der Waals surface area (Å²) < 4.78 is 0. The minimum Gasteiger partial charge on any atom is -0.329 e. The molecule has 0 aromatic heterocycles. The van der Waals surface area contributed by atoms with Crippen LogP contribution in [0.15, 0.2) is 0 Å². The first-order valence-corrected chi connectivity index (χ1v) is 2.60. The molecule has 0 radical (unpaired) electrons. The van der Waals surface area contributed by atoms with Crippen LogP contribution in [0.1, 0.15) is 0 Å². The molecule has 0 fully saturated rings. The summed E-state index contributed by atoms with van der Waals surface area (Å²) in [6.07, 6.45) is 0. The highest BCUT2D eigenvalue weighted by Gasteiger charge is 1.82. The van der Waals surface area contributed by atoms with E-state index < -0.39 is 6.03 Å². The molecule has 7 nitrogen and oxygen atoms in total. The highest BCUT2D eigenvalue weighted by atomic mass is 16.2. The Morgan fingerprint density at radius 3 is 1.40 bits per heavy atom. The summed E-state index contributed by atoms with van der Waals surface area (Å²) in [5, 5.41) is 0. The van der Waals surface area contributed by atoms with Crippen molar-refractivity contribution in [2.75, 3.05) is 13.1 Å². The fraction of sp³-hybridized carbons (Fsp3) is 0.667. The topological polar surface area (TPSA) is 145 Å². The van der Waals surface area contributed by atoms with Gasteiger partial charge >= 0.3 is 6.03 Å². The molecule has 0 bridgehead atoms. The van der Waals surface area contributed by atoms with E-state index in [1.807, 2.05) is 0 Å². The Morgan fingerprint density at radius 2 is 1.40 bits per heavy atom. The Labute approximate surface area is 59.0 Å². The first-order valence-electron chi connectivity index (χ1n) is 2.60. The van der Waals surface area contributed by atoms with Crippen molar-refractivity contribution in [2.45, 2.75) is 0 Å². The standard InChI is InChI=1S/C2H8N2.CH6N4O/c3-1-2-4;2-4-1(6)5-3/h1-4H2;2-3H2,(H2,4,5,6). The van der Waals surface area contributed by atoms with Gasteiger partial charge in [0.2, 0.25) is 0 Å². The van der Waals surface area contributed by atoms with Crippen molar-refractivity contribution in [2.24, 2.45) is 23.2 Å². The normalized spacial score (nSPS) is 7.20. The molecular weight excluding hydrogens is 136 g/mol. The molecule has 0 spiro atoms. The molecule has 10 N–H and O–H groups in total. The van der Waals surface area contributed by atoms with Crippen LogP contribution in [-0.2, 0) is 0 Å². The van der Waals surface area contributed by atoms with Crippen LogP contribution in [0.2, 0.25) is 0 Å². The van der Waals surface area contributed by atoms with Gasteiger partial charge in [-0.15, -0.1) is 0 Å². The zero-order valence-corrected chi connectivity index (χ0v) is 5.63. The number of hydrazine groups is 2. The predicted molar refractivity (Wildman–Crippen MR) is 38.2 cm³/mol. The van der Waals surface area contributed by atoms with Crippen LogP contribution < -0.4 is 34.0 Å². The Bertz CT molecular complexity index is 67.4. The van der Waals surface area contributed by atoms with Crippen molar-refractivity contribution in [3.63, 3.8) is 0 Å². The molecule has 0 heterocycles. The van der Waals surface area contributed by atoms with Crippen LogP contribution in [0.3, 0.4) is 0 Å². The van der Waals surface area contributed by atoms with Crippen LogP contribution in [0.4, 0.5) is 4.79 Å². The van der Waals surface area contributed by atoms with Gasteiger partial charge in [0.15, 0.2) is 0 Å². The summed E-state index contributed by atoms with van der Waals surface area (Å²) in [7, 11) is 0. The van der Waals surface area contributed by atoms with Crippen molar-refractivity contribution in [1.29, 1.82) is 0 Å². The minimum atomic E-state index is -0.602. The molecule has 10 heavy (non-hydrogen) atoms. The minimum absolute atomic E-state index is 0.597. The predicted octanol–water partition coefficient (Wildman–Crippen LogP) is -3.06. The number of carbonyl (C=O) groups is 1. The average Bonchev–Trinajstić information content (AvgIpc) is 2.03. The van der Waals surface area contributed by atoms with Gasteiger partial charge in [0.05, 0.1) is 0 Å². The van der Waals surface area contributed by atoms with E-state index in [9.17, 15) is 4.79 Å². The largest absolute Gasteiger partial charge is 0.343 e. The highest BCUT2D eigenvalue weighted by molar-refractivity contribution is 5.72. The van der Waals surface area contributed by atoms with Crippen LogP contribution in [-0.4, -0.2) is 19.1 Å². The molecule has 0 aliphatic heterocycles. The van der Waals surface area contributed by atoms with Crippen LogP contribution >= 0.6 is 0 Å². The number of carbonyl (C=O) groups excluding carboxylic acids is 1. The smallest absolute Gasteiger partial charge is 0.329 e. The van der Waals surface area contributed by atoms with E-state index in [-0.39, 0.29) is 0 Å². The van der Waals surface area contributed by atoms with Crippen molar-refractivity contribution in [3.05, 3.63) is 0 Å². The molecule has 0 aliphatic rings. The second-order valence-corrected chi connectivity index (χ2v) is 1.20. The number of urea groups is 1. The van der Waals surface area contributed by atoms with Gasteiger partial charge in [-0.3, -0.25) is 10.9 Å². The first-order chi connectivity index (χ1) is 4.72. The molecule has 0 saturated carbocycles. The lowest BCUT2D eigenvalue weighted by atomic mass is 10.7. The molecule has 0 atom stereocenters. The zero-order valence-electron chi connectivity index (χ0n) is 5.63. The van der Waals surface area contributed by atoms with E-state index in [1.54, 1.807) is 10.9 Å². The first kappa shape index (κ1) is 11.9. The maximum Gasteiger partial charge on any atom is 0.343 e. The van der Waals surface area contributed by atoms with E-state index >= 15 is 0 Å². The lowest BCUT2D eigenvalue weighted by Crippen LogP contribution is -2.43. The summed E-state index contributed by atoms with van der Waals surface area (Å²) in [6, 6.07) is -0.602. The molecular formula is C3H14N6O. The maximum absolute atomic E-state index is 9.71. The second kappa shape index (κ2) is 11.0. The lowest BCUT2D eigenvalue weighted by molar-refractivity contribution is 0.241. The van der Waals surface area contributed by atoms with Gasteiger partial charge in [-0.1, -0.05) is 0 Å². The van der Waals surface area contributed by atoms with E-state index in [4.69, 9.17) is 11.5 Å². The molecule has 0 unspecified atom stereocenters. The van der Waals surface area contributed by atoms with Gasteiger partial charge in [0.25, 0.3) is 0 Å². The number of nitrogens with two attached hydrogens (primary N) is 4. The summed E-state index contributed by atoms with van der Waals surface area (Å²) in [6.45, 7) is 1.19. The van der Waals surface area contributed by atoms with Gasteiger partial charge in [-0.25, -0.2) is 16.5 Å². The van der Waals surface area contributed by atoms with Crippen molar-refractivity contribution < 1.29 is 4.79 Å². The molecule has 0 rings (SSSR count). The van der Waals surface area contributed by atoms with Gasteiger partial charge in [0, 0.05) is 13.1 Å². The van der Waals surface area contributed by atoms with Crippen LogP contribution in [0, 0.1) is 0 Å². The SMILES string of the molecule is NCCN.NNC(=O)NN.